The van der Waals surface area contributed by atoms with Crippen molar-refractivity contribution in [2.24, 2.45) is 0 Å². The summed E-state index contributed by atoms with van der Waals surface area (Å²) in [6, 6.07) is 8.83. The van der Waals surface area contributed by atoms with Gasteiger partial charge in [0.05, 0.1) is 17.6 Å². The number of aryl methyl sites for hydroxylation is 1. The molecule has 3 N–H and O–H groups in total. The van der Waals surface area contributed by atoms with E-state index in [0.717, 1.165) is 11.8 Å². The lowest BCUT2D eigenvalue weighted by Gasteiger charge is -2.13. The fourth-order valence-electron chi connectivity index (χ4n) is 1.92. The number of benzene rings is 1. The molecule has 1 heterocycles. The summed E-state index contributed by atoms with van der Waals surface area (Å²) < 4.78 is 25.1. The van der Waals surface area contributed by atoms with Crippen molar-refractivity contribution >= 4 is 33.3 Å². The number of carbonyl (C=O) groups excluding carboxylic acids is 1. The minimum atomic E-state index is -3.53. The molecule has 0 atom stereocenters. The van der Waals surface area contributed by atoms with Crippen molar-refractivity contribution in [3.8, 4) is 0 Å². The highest BCUT2D eigenvalue weighted by Gasteiger charge is 2.14. The summed E-state index contributed by atoms with van der Waals surface area (Å²) in [6.45, 7) is 1.78. The molecule has 1 aromatic carbocycles. The van der Waals surface area contributed by atoms with Gasteiger partial charge in [0, 0.05) is 0 Å². The zero-order valence-corrected chi connectivity index (χ0v) is 13.7. The van der Waals surface area contributed by atoms with E-state index in [1.165, 1.54) is 24.3 Å². The molecule has 8 nitrogen and oxygen atoms in total. The molecule has 1 aromatic heterocycles. The first-order chi connectivity index (χ1) is 11.2. The number of sulfonamides is 1. The number of carboxylic acids is 1. The normalized spacial score (nSPS) is 10.9. The molecule has 126 valence electrons. The summed E-state index contributed by atoms with van der Waals surface area (Å²) in [5.41, 5.74) is 0.887. The maximum atomic E-state index is 12.3. The van der Waals surface area contributed by atoms with E-state index in [4.69, 9.17) is 5.11 Å². The molecule has 0 unspecified atom stereocenters. The Hall–Kier alpha value is -2.94. The molecule has 0 fully saturated rings. The van der Waals surface area contributed by atoms with Crippen molar-refractivity contribution < 1.29 is 23.1 Å². The number of hydrogen-bond acceptors (Lipinski definition) is 5. The van der Waals surface area contributed by atoms with E-state index in [-0.39, 0.29) is 22.8 Å². The summed E-state index contributed by atoms with van der Waals surface area (Å²) in [5.74, 6) is -1.90. The third-order valence-corrected chi connectivity index (χ3v) is 3.51. The second-order valence-corrected chi connectivity index (χ2v) is 6.84. The second-order valence-electron chi connectivity index (χ2n) is 5.09. The first kappa shape index (κ1) is 17.4. The second kappa shape index (κ2) is 6.67. The zero-order valence-electron chi connectivity index (χ0n) is 12.9. The molecule has 0 aliphatic carbocycles. The smallest absolute Gasteiger partial charge is 0.354 e. The average molecular weight is 349 g/mol. The molecule has 2 rings (SSSR count). The van der Waals surface area contributed by atoms with E-state index in [9.17, 15) is 18.0 Å². The molecule has 9 heteroatoms. The summed E-state index contributed by atoms with van der Waals surface area (Å²) >= 11 is 0. The SMILES string of the molecule is Cc1ccc(NS(C)(=O)=O)c(NC(=O)c2cccc(C(=O)O)n2)c1. The number of hydrogen-bond donors (Lipinski definition) is 3. The van der Waals surface area contributed by atoms with E-state index in [0.29, 0.717) is 0 Å². The van der Waals surface area contributed by atoms with Crippen molar-refractivity contribution in [3.05, 3.63) is 53.3 Å². The molecule has 0 bridgehead atoms. The van der Waals surface area contributed by atoms with E-state index >= 15 is 0 Å². The van der Waals surface area contributed by atoms with Gasteiger partial charge >= 0.3 is 5.97 Å². The Morgan fingerprint density at radius 1 is 1.08 bits per heavy atom. The van der Waals surface area contributed by atoms with Crippen LogP contribution >= 0.6 is 0 Å². The van der Waals surface area contributed by atoms with Crippen LogP contribution in [-0.2, 0) is 10.0 Å². The van der Waals surface area contributed by atoms with Crippen LogP contribution in [0.1, 0.15) is 26.5 Å². The van der Waals surface area contributed by atoms with E-state index in [1.807, 2.05) is 0 Å². The Labute approximate surface area is 138 Å². The molecule has 0 aliphatic rings. The van der Waals surface area contributed by atoms with Crippen molar-refractivity contribution in [1.29, 1.82) is 0 Å². The molecule has 24 heavy (non-hydrogen) atoms. The predicted octanol–water partition coefficient (Wildman–Crippen LogP) is 1.71. The van der Waals surface area contributed by atoms with Gasteiger partial charge < -0.3 is 10.4 Å². The number of amides is 1. The Morgan fingerprint density at radius 2 is 1.75 bits per heavy atom. The van der Waals surface area contributed by atoms with Crippen LogP contribution in [0.5, 0.6) is 0 Å². The number of anilines is 2. The lowest BCUT2D eigenvalue weighted by atomic mass is 10.2. The van der Waals surface area contributed by atoms with Gasteiger partial charge in [0.15, 0.2) is 0 Å². The van der Waals surface area contributed by atoms with Gasteiger partial charge in [-0.25, -0.2) is 18.2 Å². The monoisotopic (exact) mass is 349 g/mol. The van der Waals surface area contributed by atoms with Crippen LogP contribution in [0.4, 0.5) is 11.4 Å². The van der Waals surface area contributed by atoms with Gasteiger partial charge in [-0.05, 0) is 36.8 Å². The molecule has 0 aliphatic heterocycles. The molecule has 0 radical (unpaired) electrons. The van der Waals surface area contributed by atoms with Crippen LogP contribution in [0.25, 0.3) is 0 Å². The fraction of sp³-hybridized carbons (Fsp3) is 0.133. The number of aromatic carboxylic acids is 1. The molecule has 0 saturated heterocycles. The van der Waals surface area contributed by atoms with Gasteiger partial charge in [-0.1, -0.05) is 12.1 Å². The Balaban J connectivity index is 2.33. The minimum absolute atomic E-state index is 0.0956. The van der Waals surface area contributed by atoms with Crippen LogP contribution in [0.3, 0.4) is 0 Å². The van der Waals surface area contributed by atoms with Gasteiger partial charge in [0.1, 0.15) is 11.4 Å². The standard InChI is InChI=1S/C15H15N3O5S/c1-9-6-7-10(18-24(2,22)23)13(8-9)17-14(19)11-4-3-5-12(16-11)15(20)21/h3-8,18H,1-2H3,(H,17,19)(H,20,21). The van der Waals surface area contributed by atoms with Gasteiger partial charge in [-0.15, -0.1) is 0 Å². The molecule has 2 aromatic rings. The fourth-order valence-corrected chi connectivity index (χ4v) is 2.49. The molecule has 0 saturated carbocycles. The molecule has 1 amide bonds. The lowest BCUT2D eigenvalue weighted by molar-refractivity contribution is 0.0690. The Bertz CT molecular complexity index is 909. The first-order valence-electron chi connectivity index (χ1n) is 6.76. The number of carbonyl (C=O) groups is 2. The topological polar surface area (TPSA) is 125 Å². The third-order valence-electron chi connectivity index (χ3n) is 2.92. The average Bonchev–Trinajstić information content (AvgIpc) is 2.49. The summed E-state index contributed by atoms with van der Waals surface area (Å²) in [7, 11) is -3.53. The van der Waals surface area contributed by atoms with E-state index in [1.54, 1.807) is 19.1 Å². The van der Waals surface area contributed by atoms with E-state index in [2.05, 4.69) is 15.0 Å². The highest BCUT2D eigenvalue weighted by Crippen LogP contribution is 2.24. The summed E-state index contributed by atoms with van der Waals surface area (Å²) in [6.07, 6.45) is 0.996. The highest BCUT2D eigenvalue weighted by molar-refractivity contribution is 7.92. The van der Waals surface area contributed by atoms with Gasteiger partial charge in [-0.3, -0.25) is 9.52 Å². The lowest BCUT2D eigenvalue weighted by Crippen LogP contribution is -2.18. The molecular weight excluding hydrogens is 334 g/mol. The largest absolute Gasteiger partial charge is 0.477 e. The maximum Gasteiger partial charge on any atom is 0.354 e. The summed E-state index contributed by atoms with van der Waals surface area (Å²) in [4.78, 5) is 26.9. The Morgan fingerprint density at radius 3 is 2.38 bits per heavy atom. The van der Waals surface area contributed by atoms with Crippen LogP contribution in [-0.4, -0.2) is 36.6 Å². The minimum Gasteiger partial charge on any atom is -0.477 e. The number of rotatable bonds is 5. The van der Waals surface area contributed by atoms with Crippen LogP contribution < -0.4 is 10.0 Å². The van der Waals surface area contributed by atoms with E-state index < -0.39 is 21.9 Å². The zero-order chi connectivity index (χ0) is 17.9. The van der Waals surface area contributed by atoms with Crippen LogP contribution in [0.2, 0.25) is 0 Å². The quantitative estimate of drug-likeness (QED) is 0.754. The maximum absolute atomic E-state index is 12.3. The molecule has 0 spiro atoms. The van der Waals surface area contributed by atoms with Gasteiger partial charge in [0.25, 0.3) is 5.91 Å². The number of nitrogens with zero attached hydrogens (tertiary/aromatic N) is 1. The Kier molecular flexibility index (Phi) is 4.84. The van der Waals surface area contributed by atoms with Gasteiger partial charge in [0.2, 0.25) is 10.0 Å². The third kappa shape index (κ3) is 4.53. The van der Waals surface area contributed by atoms with Crippen molar-refractivity contribution in [1.82, 2.24) is 4.98 Å². The number of carboxylic acid groups (broad SMARTS) is 1. The molecular formula is C15H15N3O5S. The first-order valence-corrected chi connectivity index (χ1v) is 8.65. The number of nitrogens with one attached hydrogen (secondary N) is 2. The summed E-state index contributed by atoms with van der Waals surface area (Å²) in [5, 5.41) is 11.5. The van der Waals surface area contributed by atoms with Crippen molar-refractivity contribution in [2.45, 2.75) is 6.92 Å². The van der Waals surface area contributed by atoms with Crippen molar-refractivity contribution in [3.63, 3.8) is 0 Å². The number of pyridine rings is 1. The highest BCUT2D eigenvalue weighted by atomic mass is 32.2. The van der Waals surface area contributed by atoms with Crippen molar-refractivity contribution in [2.75, 3.05) is 16.3 Å². The van der Waals surface area contributed by atoms with Gasteiger partial charge in [-0.2, -0.15) is 0 Å². The van der Waals surface area contributed by atoms with Crippen LogP contribution in [0.15, 0.2) is 36.4 Å². The number of aromatic nitrogens is 1. The predicted molar refractivity (Wildman–Crippen MR) is 88.8 cm³/mol. The van der Waals surface area contributed by atoms with Crippen LogP contribution in [0, 0.1) is 6.92 Å².